The highest BCUT2D eigenvalue weighted by molar-refractivity contribution is 7.95. The van der Waals surface area contributed by atoms with Crippen LogP contribution in [0, 0.1) is 0 Å². The van der Waals surface area contributed by atoms with Crippen molar-refractivity contribution in [3.05, 3.63) is 0 Å². The van der Waals surface area contributed by atoms with Gasteiger partial charge in [-0.25, -0.2) is 8.42 Å². The van der Waals surface area contributed by atoms with Crippen LogP contribution >= 0.6 is 0 Å². The fraction of sp³-hybridized carbons (Fsp3) is 1.00. The third-order valence-electron chi connectivity index (χ3n) is 4.12. The normalized spacial score (nSPS) is 12.5. The van der Waals surface area contributed by atoms with E-state index in [2.05, 4.69) is 10.7 Å². The first-order chi connectivity index (χ1) is 11.5. The number of unbranched alkanes of at least 4 members (excludes halogenated alkanes) is 13. The van der Waals surface area contributed by atoms with Crippen LogP contribution in [0.15, 0.2) is 3.77 Å². The van der Waals surface area contributed by atoms with Crippen LogP contribution in [0.25, 0.3) is 0 Å². The summed E-state index contributed by atoms with van der Waals surface area (Å²) in [6.45, 7) is 6.17. The van der Waals surface area contributed by atoms with E-state index in [4.69, 9.17) is 0 Å². The van der Waals surface area contributed by atoms with Crippen molar-refractivity contribution in [2.45, 2.75) is 116 Å². The molecular weight excluding hydrogens is 338 g/mol. The van der Waals surface area contributed by atoms with Gasteiger partial charge in [0.15, 0.2) is 0 Å². The summed E-state index contributed by atoms with van der Waals surface area (Å²) < 4.78 is 27.1. The maximum Gasteiger partial charge on any atom is 0.331 e. The molecule has 0 bridgehead atoms. The highest BCUT2D eigenvalue weighted by Crippen LogP contribution is 2.13. The second-order valence-electron chi connectivity index (χ2n) is 7.11. The predicted octanol–water partition coefficient (Wildman–Crippen LogP) is 6.47. The van der Waals surface area contributed by atoms with Crippen molar-refractivity contribution >= 4 is 21.6 Å². The zero-order valence-corrected chi connectivity index (χ0v) is 17.9. The van der Waals surface area contributed by atoms with Crippen molar-refractivity contribution in [3.63, 3.8) is 0 Å². The van der Waals surface area contributed by atoms with Crippen molar-refractivity contribution in [2.75, 3.05) is 5.75 Å². The Bertz CT molecular complexity index is 392. The van der Waals surface area contributed by atoms with E-state index in [0.29, 0.717) is 0 Å². The van der Waals surface area contributed by atoms with E-state index in [1.807, 2.05) is 13.8 Å². The van der Waals surface area contributed by atoms with Crippen molar-refractivity contribution in [1.82, 2.24) is 0 Å². The minimum absolute atomic E-state index is 0.213. The lowest BCUT2D eigenvalue weighted by Crippen LogP contribution is -2.03. The van der Waals surface area contributed by atoms with Gasteiger partial charge < -0.3 is 0 Å². The fourth-order valence-electron chi connectivity index (χ4n) is 2.67. The molecule has 0 amide bonds. The Hall–Kier alpha value is -0.0300. The summed E-state index contributed by atoms with van der Waals surface area (Å²) in [5.41, 5.74) is 0. The van der Waals surface area contributed by atoms with Crippen molar-refractivity contribution in [3.8, 4) is 0 Å². The van der Waals surface area contributed by atoms with Crippen LogP contribution in [-0.2, 0) is 21.6 Å². The lowest BCUT2D eigenvalue weighted by Gasteiger charge is -2.02. The van der Waals surface area contributed by atoms with E-state index < -0.39 is 10.0 Å². The molecule has 0 saturated heterocycles. The molecule has 0 atom stereocenters. The molecule has 0 aromatic heterocycles. The predicted molar refractivity (Wildman–Crippen MR) is 109 cm³/mol. The molecule has 0 spiro atoms. The van der Waals surface area contributed by atoms with Gasteiger partial charge in [-0.15, -0.1) is 0 Å². The van der Waals surface area contributed by atoms with Gasteiger partial charge in [0, 0.05) is 0 Å². The smallest absolute Gasteiger partial charge is 0.200 e. The highest BCUT2D eigenvalue weighted by Gasteiger charge is 2.15. The third kappa shape index (κ3) is 18.3. The Labute approximate surface area is 155 Å². The highest BCUT2D eigenvalue weighted by atomic mass is 32.2. The Morgan fingerprint density at radius 3 is 1.46 bits per heavy atom. The van der Waals surface area contributed by atoms with E-state index in [1.54, 1.807) is 0 Å². The minimum atomic E-state index is -3.21. The quantitative estimate of drug-likeness (QED) is 0.215. The topological polar surface area (TPSA) is 46.5 Å². The Kier molecular flexibility index (Phi) is 16.4. The Balaban J connectivity index is 3.31. The largest absolute Gasteiger partial charge is 0.331 e. The summed E-state index contributed by atoms with van der Waals surface area (Å²) in [5, 5.41) is 0.233. The molecule has 0 aromatic carbocycles. The van der Waals surface area contributed by atoms with E-state index >= 15 is 0 Å². The molecule has 144 valence electrons. The van der Waals surface area contributed by atoms with Crippen LogP contribution in [0.3, 0.4) is 0 Å². The van der Waals surface area contributed by atoms with Gasteiger partial charge in [-0.3, -0.25) is 0 Å². The van der Waals surface area contributed by atoms with Gasteiger partial charge in [-0.05, 0) is 20.3 Å². The van der Waals surface area contributed by atoms with Gasteiger partial charge in [-0.1, -0.05) is 90.4 Å². The molecular formula is C19H40NO2S2+. The first-order valence-electron chi connectivity index (χ1n) is 10.1. The molecule has 0 aromatic rings. The molecule has 0 heterocycles. The minimum Gasteiger partial charge on any atom is -0.200 e. The van der Waals surface area contributed by atoms with E-state index in [-0.39, 0.29) is 11.0 Å². The van der Waals surface area contributed by atoms with Crippen LogP contribution in [0.4, 0.5) is 0 Å². The summed E-state index contributed by atoms with van der Waals surface area (Å²) in [4.78, 5) is 0. The standard InChI is InChI=1S/C19H40NO2S2/c1-4-5-6-7-8-9-10-11-12-13-14-15-16-17-18-24(21,22)20-23-19(2)3/h19H,4-18H2,1-3H3/q+1. The maximum atomic E-state index is 11.7. The lowest BCUT2D eigenvalue weighted by atomic mass is 10.0. The molecule has 24 heavy (non-hydrogen) atoms. The molecule has 0 fully saturated rings. The zero-order valence-electron chi connectivity index (χ0n) is 16.3. The van der Waals surface area contributed by atoms with Gasteiger partial charge in [-0.2, -0.15) is 0 Å². The number of nitrogens with zero attached hydrogens (tertiary/aromatic N) is 1. The number of rotatable bonds is 17. The van der Waals surface area contributed by atoms with Crippen molar-refractivity contribution < 1.29 is 8.42 Å². The average Bonchev–Trinajstić information content (AvgIpc) is 2.53. The van der Waals surface area contributed by atoms with Gasteiger partial charge in [0.05, 0.1) is 5.75 Å². The maximum absolute atomic E-state index is 11.7. The van der Waals surface area contributed by atoms with Crippen LogP contribution in [0.5, 0.6) is 0 Å². The fourth-order valence-corrected chi connectivity index (χ4v) is 4.75. The van der Waals surface area contributed by atoms with E-state index in [9.17, 15) is 8.42 Å². The monoisotopic (exact) mass is 378 g/mol. The Morgan fingerprint density at radius 1 is 0.708 bits per heavy atom. The van der Waals surface area contributed by atoms with Gasteiger partial charge in [0.2, 0.25) is 5.25 Å². The summed E-state index contributed by atoms with van der Waals surface area (Å²) >= 11 is 1.16. The summed E-state index contributed by atoms with van der Waals surface area (Å²) in [7, 11) is -3.21. The second kappa shape index (κ2) is 16.4. The molecule has 0 N–H and O–H groups in total. The van der Waals surface area contributed by atoms with Crippen LogP contribution in [0.1, 0.15) is 111 Å². The first-order valence-corrected chi connectivity index (χ1v) is 12.5. The molecule has 0 unspecified atom stereocenters. The number of sulfonamides is 1. The second-order valence-corrected chi connectivity index (χ2v) is 10.4. The van der Waals surface area contributed by atoms with Crippen LogP contribution < -0.4 is 0 Å². The molecule has 3 nitrogen and oxygen atoms in total. The molecule has 0 rings (SSSR count). The molecule has 0 aliphatic rings. The van der Waals surface area contributed by atoms with E-state index in [0.717, 1.165) is 30.8 Å². The number of hydrogen-bond acceptors (Lipinski definition) is 2. The van der Waals surface area contributed by atoms with Crippen molar-refractivity contribution in [2.24, 2.45) is 3.77 Å². The zero-order chi connectivity index (χ0) is 18.1. The third-order valence-corrected chi connectivity index (χ3v) is 6.60. The van der Waals surface area contributed by atoms with Crippen LogP contribution in [0.2, 0.25) is 0 Å². The summed E-state index contributed by atoms with van der Waals surface area (Å²) in [6, 6.07) is 0. The molecule has 0 radical (unpaired) electrons. The lowest BCUT2D eigenvalue weighted by molar-refractivity contribution is 0.537. The number of hydrogen-bond donors (Lipinski definition) is 0. The van der Waals surface area contributed by atoms with Gasteiger partial charge >= 0.3 is 21.6 Å². The summed E-state index contributed by atoms with van der Waals surface area (Å²) in [5.74, 6) is 0.213. The van der Waals surface area contributed by atoms with Gasteiger partial charge in [0.1, 0.15) is 3.77 Å². The molecule has 0 saturated carbocycles. The Morgan fingerprint density at radius 2 is 1.08 bits per heavy atom. The molecule has 5 heteroatoms. The molecule has 0 aliphatic carbocycles. The average molecular weight is 379 g/mol. The van der Waals surface area contributed by atoms with Crippen LogP contribution in [-0.4, -0.2) is 19.4 Å². The van der Waals surface area contributed by atoms with E-state index in [1.165, 1.54) is 70.6 Å². The summed E-state index contributed by atoms with van der Waals surface area (Å²) in [6.07, 6.45) is 17.9. The SMILES string of the molecule is CCCCCCCCCCCCCCCCS(=O)(=O)N=[S+]C(C)C. The first kappa shape index (κ1) is 24.0. The molecule has 0 aliphatic heterocycles. The van der Waals surface area contributed by atoms with Crippen molar-refractivity contribution in [1.29, 1.82) is 0 Å². The van der Waals surface area contributed by atoms with Gasteiger partial charge in [0.25, 0.3) is 0 Å².